The summed E-state index contributed by atoms with van der Waals surface area (Å²) in [4.78, 5) is 0. The number of aliphatic hydroxyl groups excluding tert-OH is 1. The van der Waals surface area contributed by atoms with Gasteiger partial charge in [0.2, 0.25) is 0 Å². The average molecular weight is 286 g/mol. The lowest BCUT2D eigenvalue weighted by molar-refractivity contribution is 0.217. The maximum atomic E-state index is 9.62. The molecule has 1 nitrogen and oxygen atoms in total. The monoisotopic (exact) mass is 286 g/mol. The van der Waals surface area contributed by atoms with Gasteiger partial charge < -0.3 is 5.11 Å². The standard InChI is InChI=1S/C20H30O/c1-19(2)10-11-20(3,4)18-12-14(8-9-17(18)19)16-7-5-6-15(16)13-21/h8-9,12,15-16,21H,5-7,10-11,13H2,1-4H3. The highest BCUT2D eigenvalue weighted by Crippen LogP contribution is 2.48. The molecule has 1 N–H and O–H groups in total. The summed E-state index contributed by atoms with van der Waals surface area (Å²) in [6.45, 7) is 9.89. The minimum atomic E-state index is 0.286. The van der Waals surface area contributed by atoms with Crippen molar-refractivity contribution in [2.24, 2.45) is 5.92 Å². The van der Waals surface area contributed by atoms with E-state index in [1.54, 1.807) is 11.1 Å². The molecular weight excluding hydrogens is 256 g/mol. The lowest BCUT2D eigenvalue weighted by Crippen LogP contribution is -2.34. The van der Waals surface area contributed by atoms with Crippen LogP contribution in [-0.4, -0.2) is 11.7 Å². The van der Waals surface area contributed by atoms with E-state index in [2.05, 4.69) is 45.9 Å². The van der Waals surface area contributed by atoms with E-state index >= 15 is 0 Å². The quantitative estimate of drug-likeness (QED) is 0.819. The first-order valence-electron chi connectivity index (χ1n) is 8.61. The highest BCUT2D eigenvalue weighted by Gasteiger charge is 2.38. The summed E-state index contributed by atoms with van der Waals surface area (Å²) in [5.41, 5.74) is 5.15. The molecule has 1 heteroatoms. The molecule has 2 atom stereocenters. The highest BCUT2D eigenvalue weighted by molar-refractivity contribution is 5.44. The molecule has 116 valence electrons. The van der Waals surface area contributed by atoms with E-state index in [0.29, 0.717) is 23.9 Å². The van der Waals surface area contributed by atoms with Gasteiger partial charge in [0.25, 0.3) is 0 Å². The van der Waals surface area contributed by atoms with Crippen LogP contribution in [-0.2, 0) is 10.8 Å². The molecule has 0 bridgehead atoms. The second kappa shape index (κ2) is 5.12. The summed E-state index contributed by atoms with van der Waals surface area (Å²) >= 11 is 0. The van der Waals surface area contributed by atoms with Crippen LogP contribution in [0.4, 0.5) is 0 Å². The SMILES string of the molecule is CC1(C)CCC(C)(C)c2cc(C3CCCC3CO)ccc21. The number of hydrogen-bond donors (Lipinski definition) is 1. The number of aliphatic hydroxyl groups is 1. The van der Waals surface area contributed by atoms with Crippen LogP contribution in [0.1, 0.15) is 82.4 Å². The van der Waals surface area contributed by atoms with Gasteiger partial charge >= 0.3 is 0 Å². The van der Waals surface area contributed by atoms with Crippen molar-refractivity contribution in [3.05, 3.63) is 34.9 Å². The molecule has 1 fully saturated rings. The van der Waals surface area contributed by atoms with Crippen molar-refractivity contribution in [3.63, 3.8) is 0 Å². The van der Waals surface area contributed by atoms with Gasteiger partial charge in [0, 0.05) is 6.61 Å². The Morgan fingerprint density at radius 1 is 1.00 bits per heavy atom. The van der Waals surface area contributed by atoms with E-state index in [0.717, 1.165) is 0 Å². The molecule has 0 amide bonds. The van der Waals surface area contributed by atoms with Crippen LogP contribution in [0.5, 0.6) is 0 Å². The Labute approximate surface area is 129 Å². The smallest absolute Gasteiger partial charge is 0.0465 e. The van der Waals surface area contributed by atoms with E-state index in [9.17, 15) is 5.11 Å². The summed E-state index contributed by atoms with van der Waals surface area (Å²) in [5.74, 6) is 1.05. The topological polar surface area (TPSA) is 20.2 Å². The molecule has 0 radical (unpaired) electrons. The fraction of sp³-hybridized carbons (Fsp3) is 0.700. The molecular formula is C20H30O. The normalized spacial score (nSPS) is 30.1. The molecule has 2 unspecified atom stereocenters. The van der Waals surface area contributed by atoms with Crippen LogP contribution < -0.4 is 0 Å². The summed E-state index contributed by atoms with van der Waals surface area (Å²) < 4.78 is 0. The van der Waals surface area contributed by atoms with E-state index in [4.69, 9.17) is 0 Å². The van der Waals surface area contributed by atoms with Crippen molar-refractivity contribution >= 4 is 0 Å². The molecule has 1 aromatic rings. The first kappa shape index (κ1) is 15.1. The van der Waals surface area contributed by atoms with E-state index < -0.39 is 0 Å². The molecule has 21 heavy (non-hydrogen) atoms. The first-order valence-corrected chi connectivity index (χ1v) is 8.61. The average Bonchev–Trinajstić information content (AvgIpc) is 2.92. The maximum Gasteiger partial charge on any atom is 0.0465 e. The summed E-state index contributed by atoms with van der Waals surface area (Å²) in [6.07, 6.45) is 6.24. The van der Waals surface area contributed by atoms with Crippen molar-refractivity contribution in [2.75, 3.05) is 6.61 Å². The van der Waals surface area contributed by atoms with Crippen LogP contribution in [0.2, 0.25) is 0 Å². The van der Waals surface area contributed by atoms with Gasteiger partial charge in [-0.3, -0.25) is 0 Å². The minimum absolute atomic E-state index is 0.286. The highest BCUT2D eigenvalue weighted by atomic mass is 16.3. The van der Waals surface area contributed by atoms with Crippen molar-refractivity contribution in [1.82, 2.24) is 0 Å². The van der Waals surface area contributed by atoms with Crippen molar-refractivity contribution in [3.8, 4) is 0 Å². The van der Waals surface area contributed by atoms with Crippen LogP contribution in [0, 0.1) is 5.92 Å². The number of rotatable bonds is 2. The second-order valence-corrected chi connectivity index (χ2v) is 8.55. The molecule has 2 aliphatic rings. The second-order valence-electron chi connectivity index (χ2n) is 8.55. The zero-order chi connectivity index (χ0) is 15.3. The molecule has 0 spiro atoms. The van der Waals surface area contributed by atoms with Gasteiger partial charge in [0.05, 0.1) is 0 Å². The van der Waals surface area contributed by atoms with Gasteiger partial charge in [-0.15, -0.1) is 0 Å². The molecule has 3 rings (SSSR count). The zero-order valence-corrected chi connectivity index (χ0v) is 14.1. The fourth-order valence-electron chi connectivity index (χ4n) is 4.53. The Kier molecular flexibility index (Phi) is 3.68. The Balaban J connectivity index is 2.04. The molecule has 0 heterocycles. The minimum Gasteiger partial charge on any atom is -0.396 e. The molecule has 0 aromatic heterocycles. The van der Waals surface area contributed by atoms with Crippen LogP contribution in [0.3, 0.4) is 0 Å². The Morgan fingerprint density at radius 2 is 1.67 bits per heavy atom. The Morgan fingerprint density at radius 3 is 2.33 bits per heavy atom. The fourth-order valence-corrected chi connectivity index (χ4v) is 4.53. The summed E-state index contributed by atoms with van der Waals surface area (Å²) in [7, 11) is 0. The third kappa shape index (κ3) is 2.54. The van der Waals surface area contributed by atoms with Crippen LogP contribution in [0.25, 0.3) is 0 Å². The number of fused-ring (bicyclic) bond motifs is 1. The Bertz CT molecular complexity index is 527. The van der Waals surface area contributed by atoms with Gasteiger partial charge in [0.1, 0.15) is 0 Å². The van der Waals surface area contributed by atoms with Crippen molar-refractivity contribution < 1.29 is 5.11 Å². The van der Waals surface area contributed by atoms with E-state index in [1.807, 2.05) is 0 Å². The Hall–Kier alpha value is -0.820. The van der Waals surface area contributed by atoms with E-state index in [-0.39, 0.29) is 5.41 Å². The maximum absolute atomic E-state index is 9.62. The van der Waals surface area contributed by atoms with Gasteiger partial charge in [-0.1, -0.05) is 52.3 Å². The van der Waals surface area contributed by atoms with Gasteiger partial charge in [-0.05, 0) is 65.0 Å². The molecule has 1 saturated carbocycles. The lowest BCUT2D eigenvalue weighted by atomic mass is 9.62. The third-order valence-electron chi connectivity index (χ3n) is 6.20. The molecule has 1 aromatic carbocycles. The van der Waals surface area contributed by atoms with E-state index in [1.165, 1.54) is 37.7 Å². The number of benzene rings is 1. The van der Waals surface area contributed by atoms with Gasteiger partial charge in [0.15, 0.2) is 0 Å². The largest absolute Gasteiger partial charge is 0.396 e. The van der Waals surface area contributed by atoms with Crippen molar-refractivity contribution in [1.29, 1.82) is 0 Å². The number of hydrogen-bond acceptors (Lipinski definition) is 1. The van der Waals surface area contributed by atoms with Crippen LogP contribution in [0.15, 0.2) is 18.2 Å². The van der Waals surface area contributed by atoms with Gasteiger partial charge in [-0.25, -0.2) is 0 Å². The van der Waals surface area contributed by atoms with Crippen molar-refractivity contribution in [2.45, 2.75) is 76.5 Å². The van der Waals surface area contributed by atoms with Gasteiger partial charge in [-0.2, -0.15) is 0 Å². The molecule has 2 aliphatic carbocycles. The zero-order valence-electron chi connectivity index (χ0n) is 14.1. The lowest BCUT2D eigenvalue weighted by Gasteiger charge is -2.42. The third-order valence-corrected chi connectivity index (χ3v) is 6.20. The summed E-state index contributed by atoms with van der Waals surface area (Å²) in [6, 6.07) is 7.22. The molecule has 0 saturated heterocycles. The first-order chi connectivity index (χ1) is 9.85. The predicted molar refractivity (Wildman–Crippen MR) is 88.9 cm³/mol. The molecule has 0 aliphatic heterocycles. The predicted octanol–water partition coefficient (Wildman–Crippen LogP) is 4.91. The summed E-state index contributed by atoms with van der Waals surface area (Å²) in [5, 5.41) is 9.62. The van der Waals surface area contributed by atoms with Crippen LogP contribution >= 0.6 is 0 Å².